The second-order valence-electron chi connectivity index (χ2n) is 10.3. The Morgan fingerprint density at radius 3 is 2.37 bits per heavy atom. The van der Waals surface area contributed by atoms with Gasteiger partial charge in [0.2, 0.25) is 5.91 Å². The predicted molar refractivity (Wildman–Crippen MR) is 115 cm³/mol. The molecule has 0 spiro atoms. The van der Waals surface area contributed by atoms with Crippen molar-refractivity contribution in [3.8, 4) is 0 Å². The zero-order chi connectivity index (χ0) is 20.3. The molecule has 0 radical (unpaired) electrons. The first-order valence-corrected chi connectivity index (χ1v) is 13.4. The van der Waals surface area contributed by atoms with E-state index >= 15 is 0 Å². The molecule has 150 valence electrons. The lowest BCUT2D eigenvalue weighted by molar-refractivity contribution is -0.136. The van der Waals surface area contributed by atoms with E-state index in [1.807, 2.05) is 18.2 Å². The SMILES string of the molecule is CC(C)(O[Si](C)(C)C(C)(C)C)[C@H]1CC[C@]2(c3ccccc3Cl)CCC(=O)N12. The molecule has 2 heterocycles. The molecule has 2 saturated heterocycles. The molecule has 27 heavy (non-hydrogen) atoms. The predicted octanol–water partition coefficient (Wildman–Crippen LogP) is 6.12. The van der Waals surface area contributed by atoms with E-state index in [1.54, 1.807) is 0 Å². The number of benzene rings is 1. The average molecular weight is 408 g/mol. The number of hydrogen-bond acceptors (Lipinski definition) is 2. The molecular weight excluding hydrogens is 374 g/mol. The van der Waals surface area contributed by atoms with E-state index in [9.17, 15) is 4.79 Å². The quantitative estimate of drug-likeness (QED) is 0.562. The van der Waals surface area contributed by atoms with Crippen LogP contribution in [0.5, 0.6) is 0 Å². The largest absolute Gasteiger partial charge is 0.410 e. The van der Waals surface area contributed by atoms with Gasteiger partial charge >= 0.3 is 0 Å². The van der Waals surface area contributed by atoms with Gasteiger partial charge in [0.05, 0.1) is 17.2 Å². The molecule has 0 saturated carbocycles. The highest BCUT2D eigenvalue weighted by Crippen LogP contribution is 2.54. The van der Waals surface area contributed by atoms with Crippen molar-refractivity contribution >= 4 is 25.8 Å². The van der Waals surface area contributed by atoms with Gasteiger partial charge in [-0.15, -0.1) is 0 Å². The Labute approximate surface area is 170 Å². The zero-order valence-electron chi connectivity index (χ0n) is 17.9. The topological polar surface area (TPSA) is 29.5 Å². The lowest BCUT2D eigenvalue weighted by Crippen LogP contribution is -2.57. The van der Waals surface area contributed by atoms with Gasteiger partial charge in [0, 0.05) is 11.4 Å². The fraction of sp³-hybridized carbons (Fsp3) is 0.682. The molecule has 1 aromatic carbocycles. The molecule has 3 nitrogen and oxygen atoms in total. The summed E-state index contributed by atoms with van der Waals surface area (Å²) >= 11 is 6.58. The van der Waals surface area contributed by atoms with E-state index in [2.05, 4.69) is 58.7 Å². The van der Waals surface area contributed by atoms with Crippen LogP contribution in [0.4, 0.5) is 0 Å². The van der Waals surface area contributed by atoms with Crippen LogP contribution in [0.2, 0.25) is 23.2 Å². The van der Waals surface area contributed by atoms with Crippen molar-refractivity contribution in [2.75, 3.05) is 0 Å². The van der Waals surface area contributed by atoms with Crippen molar-refractivity contribution in [2.24, 2.45) is 0 Å². The highest BCUT2D eigenvalue weighted by molar-refractivity contribution is 6.74. The third kappa shape index (κ3) is 3.38. The van der Waals surface area contributed by atoms with Crippen LogP contribution in [0, 0.1) is 0 Å². The van der Waals surface area contributed by atoms with Crippen molar-refractivity contribution in [3.05, 3.63) is 34.9 Å². The van der Waals surface area contributed by atoms with E-state index in [0.717, 1.165) is 29.8 Å². The van der Waals surface area contributed by atoms with Crippen LogP contribution >= 0.6 is 11.6 Å². The highest BCUT2D eigenvalue weighted by Gasteiger charge is 2.59. The van der Waals surface area contributed by atoms with Crippen molar-refractivity contribution in [1.82, 2.24) is 4.90 Å². The van der Waals surface area contributed by atoms with Gasteiger partial charge < -0.3 is 9.33 Å². The summed E-state index contributed by atoms with van der Waals surface area (Å²) in [5.41, 5.74) is 0.448. The number of carbonyl (C=O) groups excluding carboxylic acids is 1. The van der Waals surface area contributed by atoms with Crippen molar-refractivity contribution in [3.63, 3.8) is 0 Å². The number of carbonyl (C=O) groups is 1. The minimum atomic E-state index is -1.95. The maximum atomic E-state index is 13.0. The summed E-state index contributed by atoms with van der Waals surface area (Å²) in [4.78, 5) is 15.1. The molecule has 2 aliphatic rings. The van der Waals surface area contributed by atoms with E-state index in [0.29, 0.717) is 6.42 Å². The fourth-order valence-corrected chi connectivity index (χ4v) is 6.86. The monoisotopic (exact) mass is 407 g/mol. The van der Waals surface area contributed by atoms with Crippen LogP contribution in [0.15, 0.2) is 24.3 Å². The van der Waals surface area contributed by atoms with Crippen molar-refractivity contribution in [2.45, 2.75) is 95.6 Å². The van der Waals surface area contributed by atoms with Gasteiger partial charge in [0.15, 0.2) is 8.32 Å². The van der Waals surface area contributed by atoms with Gasteiger partial charge in [-0.05, 0) is 62.9 Å². The van der Waals surface area contributed by atoms with E-state index in [1.165, 1.54) is 0 Å². The highest BCUT2D eigenvalue weighted by atomic mass is 35.5. The molecular formula is C22H34ClNO2Si. The fourth-order valence-electron chi connectivity index (χ4n) is 4.79. The van der Waals surface area contributed by atoms with Crippen LogP contribution in [0.1, 0.15) is 65.9 Å². The number of halogens is 1. The summed E-state index contributed by atoms with van der Waals surface area (Å²) in [6, 6.07) is 8.11. The first-order chi connectivity index (χ1) is 12.3. The lowest BCUT2D eigenvalue weighted by Gasteiger charge is -2.48. The molecule has 0 aromatic heterocycles. The number of amides is 1. The minimum absolute atomic E-state index is 0.0814. The van der Waals surface area contributed by atoms with Gasteiger partial charge in [-0.25, -0.2) is 0 Å². The Morgan fingerprint density at radius 1 is 1.15 bits per heavy atom. The lowest BCUT2D eigenvalue weighted by atomic mass is 9.86. The standard InChI is InChI=1S/C22H34ClNO2Si/c1-20(2,3)27(6,7)26-21(4,5)18-12-14-22(15-13-19(25)24(18)22)16-10-8-9-11-17(16)23/h8-11,18H,12-15H2,1-7H3/t18-,22-/m1/s1. The molecule has 3 rings (SSSR count). The molecule has 0 bridgehead atoms. The zero-order valence-corrected chi connectivity index (χ0v) is 19.6. The molecule has 1 amide bonds. The van der Waals surface area contributed by atoms with Gasteiger partial charge in [-0.3, -0.25) is 4.79 Å². The van der Waals surface area contributed by atoms with E-state index in [4.69, 9.17) is 16.0 Å². The average Bonchev–Trinajstić information content (AvgIpc) is 3.05. The Kier molecular flexibility index (Phi) is 5.11. The summed E-state index contributed by atoms with van der Waals surface area (Å²) in [5, 5.41) is 0.901. The van der Waals surface area contributed by atoms with Crippen molar-refractivity contribution in [1.29, 1.82) is 0 Å². The third-order valence-electron chi connectivity index (χ3n) is 7.13. The van der Waals surface area contributed by atoms with Crippen LogP contribution < -0.4 is 0 Å². The van der Waals surface area contributed by atoms with Crippen LogP contribution in [0.3, 0.4) is 0 Å². The first kappa shape index (κ1) is 20.9. The molecule has 2 fully saturated rings. The summed E-state index contributed by atoms with van der Waals surface area (Å²) in [6.07, 6.45) is 3.36. The summed E-state index contributed by atoms with van der Waals surface area (Å²) in [5.74, 6) is 0.240. The summed E-state index contributed by atoms with van der Waals surface area (Å²) in [7, 11) is -1.95. The second-order valence-corrected chi connectivity index (χ2v) is 15.4. The van der Waals surface area contributed by atoms with E-state index in [-0.39, 0.29) is 28.1 Å². The Balaban J connectivity index is 1.97. The maximum absolute atomic E-state index is 13.0. The van der Waals surface area contributed by atoms with Gasteiger partial charge in [0.1, 0.15) is 0 Å². The normalized spacial score (nSPS) is 26.6. The van der Waals surface area contributed by atoms with Gasteiger partial charge in [-0.1, -0.05) is 50.6 Å². The molecule has 0 N–H and O–H groups in total. The van der Waals surface area contributed by atoms with Gasteiger partial charge in [0.25, 0.3) is 0 Å². The smallest absolute Gasteiger partial charge is 0.223 e. The first-order valence-electron chi connectivity index (χ1n) is 10.1. The summed E-state index contributed by atoms with van der Waals surface area (Å²) in [6.45, 7) is 15.7. The molecule has 5 heteroatoms. The molecule has 2 atom stereocenters. The van der Waals surface area contributed by atoms with Gasteiger partial charge in [-0.2, -0.15) is 0 Å². The van der Waals surface area contributed by atoms with Crippen LogP contribution in [0.25, 0.3) is 0 Å². The Hall–Kier alpha value is -0.843. The summed E-state index contributed by atoms with van der Waals surface area (Å²) < 4.78 is 6.85. The second kappa shape index (κ2) is 6.60. The molecule has 0 unspecified atom stereocenters. The molecule has 2 aliphatic heterocycles. The number of hydrogen-bond donors (Lipinski definition) is 0. The minimum Gasteiger partial charge on any atom is -0.410 e. The molecule has 1 aromatic rings. The van der Waals surface area contributed by atoms with Crippen LogP contribution in [-0.4, -0.2) is 30.8 Å². The number of fused-ring (bicyclic) bond motifs is 1. The molecule has 0 aliphatic carbocycles. The Bertz CT molecular complexity index is 740. The third-order valence-corrected chi connectivity index (χ3v) is 12.1. The number of rotatable bonds is 4. The van der Waals surface area contributed by atoms with Crippen molar-refractivity contribution < 1.29 is 9.22 Å². The Morgan fingerprint density at radius 2 is 1.78 bits per heavy atom. The van der Waals surface area contributed by atoms with E-state index < -0.39 is 8.32 Å². The maximum Gasteiger partial charge on any atom is 0.223 e. The van der Waals surface area contributed by atoms with Crippen LogP contribution in [-0.2, 0) is 14.8 Å². The number of nitrogens with zero attached hydrogens (tertiary/aromatic N) is 1.